The molecule has 0 amide bonds. The number of ether oxygens (including phenoxy) is 2. The summed E-state index contributed by atoms with van der Waals surface area (Å²) in [5.41, 5.74) is 0.380. The van der Waals surface area contributed by atoms with Gasteiger partial charge in [-0.25, -0.2) is 8.42 Å². The van der Waals surface area contributed by atoms with Gasteiger partial charge in [-0.1, -0.05) is 29.3 Å². The number of hydrogen-bond acceptors (Lipinski definition) is 5. The Morgan fingerprint density at radius 3 is 2.65 bits per heavy atom. The van der Waals surface area contributed by atoms with Gasteiger partial charge >= 0.3 is 0 Å². The van der Waals surface area contributed by atoms with Crippen LogP contribution in [0.3, 0.4) is 0 Å². The highest BCUT2D eigenvalue weighted by atomic mass is 35.5. The van der Waals surface area contributed by atoms with E-state index in [9.17, 15) is 8.42 Å². The fraction of sp³-hybridized carbons (Fsp3) is 0.500. The molecule has 0 aromatic heterocycles. The Hall–Kier alpha value is -0.370. The lowest BCUT2D eigenvalue weighted by Crippen LogP contribution is -2.36. The second-order valence-electron chi connectivity index (χ2n) is 4.68. The molecule has 0 radical (unpaired) electrons. The van der Waals surface area contributed by atoms with Gasteiger partial charge in [0.1, 0.15) is 11.9 Å². The molecule has 1 aromatic carbocycles. The first-order chi connectivity index (χ1) is 9.26. The van der Waals surface area contributed by atoms with Crippen LogP contribution >= 0.6 is 23.2 Å². The van der Waals surface area contributed by atoms with E-state index in [1.54, 1.807) is 12.1 Å². The standard InChI is InChI=1S/C12H14Cl2O5S/c1-20(16,17)7-12(18-6-9(5-15)19-12)10-3-2-8(13)4-11(10)14/h2-4,9,15H,5-7H2,1H3/t9-,12+/m1/s1. The van der Waals surface area contributed by atoms with E-state index in [-0.39, 0.29) is 18.2 Å². The summed E-state index contributed by atoms with van der Waals surface area (Å²) in [5.74, 6) is -1.90. The van der Waals surface area contributed by atoms with Gasteiger partial charge in [0.15, 0.2) is 9.84 Å². The summed E-state index contributed by atoms with van der Waals surface area (Å²) in [6, 6.07) is 4.63. The molecule has 2 atom stereocenters. The van der Waals surface area contributed by atoms with Gasteiger partial charge in [0.25, 0.3) is 0 Å². The Kier molecular flexibility index (Phi) is 4.63. The van der Waals surface area contributed by atoms with Crippen LogP contribution in [-0.4, -0.2) is 44.9 Å². The third-order valence-corrected chi connectivity index (χ3v) is 4.31. The maximum Gasteiger partial charge on any atom is 0.211 e. The molecule has 1 fully saturated rings. The summed E-state index contributed by atoms with van der Waals surface area (Å²) < 4.78 is 34.4. The molecule has 0 saturated carbocycles. The molecule has 8 heteroatoms. The second-order valence-corrected chi connectivity index (χ2v) is 7.66. The van der Waals surface area contributed by atoms with Crippen LogP contribution in [0.15, 0.2) is 18.2 Å². The first-order valence-electron chi connectivity index (χ1n) is 5.82. The van der Waals surface area contributed by atoms with Gasteiger partial charge in [-0.05, 0) is 12.1 Å². The summed E-state index contributed by atoms with van der Waals surface area (Å²) in [5, 5.41) is 9.82. The number of hydrogen-bond donors (Lipinski definition) is 1. The molecule has 0 spiro atoms. The summed E-state index contributed by atoms with van der Waals surface area (Å²) in [6.45, 7) is -0.179. The van der Waals surface area contributed by atoms with E-state index < -0.39 is 27.5 Å². The van der Waals surface area contributed by atoms with Gasteiger partial charge in [-0.2, -0.15) is 0 Å². The van der Waals surface area contributed by atoms with Crippen LogP contribution in [-0.2, 0) is 25.1 Å². The molecule has 1 heterocycles. The molecular weight excluding hydrogens is 327 g/mol. The highest BCUT2D eigenvalue weighted by molar-refractivity contribution is 7.90. The average Bonchev–Trinajstić information content (AvgIpc) is 2.70. The molecule has 1 N–H and O–H groups in total. The fourth-order valence-corrected chi connectivity index (χ4v) is 3.64. The third-order valence-electron chi connectivity index (χ3n) is 2.86. The molecule has 1 aliphatic rings. The van der Waals surface area contributed by atoms with Crippen molar-refractivity contribution in [3.63, 3.8) is 0 Å². The van der Waals surface area contributed by atoms with Crippen molar-refractivity contribution in [3.05, 3.63) is 33.8 Å². The molecule has 1 aromatic rings. The molecule has 5 nitrogen and oxygen atoms in total. The molecule has 0 aliphatic carbocycles. The van der Waals surface area contributed by atoms with E-state index in [1.807, 2.05) is 0 Å². The SMILES string of the molecule is CS(=O)(=O)C[C@]1(c2ccc(Cl)cc2Cl)OC[C@@H](CO)O1. The molecule has 20 heavy (non-hydrogen) atoms. The van der Waals surface area contributed by atoms with Crippen LogP contribution in [0.4, 0.5) is 0 Å². The zero-order valence-electron chi connectivity index (χ0n) is 10.7. The highest BCUT2D eigenvalue weighted by Crippen LogP contribution is 2.40. The summed E-state index contributed by atoms with van der Waals surface area (Å²) in [6.07, 6.45) is 0.487. The van der Waals surface area contributed by atoms with Gasteiger partial charge in [0.2, 0.25) is 5.79 Å². The molecule has 0 unspecified atom stereocenters. The van der Waals surface area contributed by atoms with E-state index in [4.69, 9.17) is 37.8 Å². The minimum absolute atomic E-state index is 0.0883. The van der Waals surface area contributed by atoms with Crippen molar-refractivity contribution < 1.29 is 23.0 Å². The van der Waals surface area contributed by atoms with Crippen molar-refractivity contribution in [2.45, 2.75) is 11.9 Å². The largest absolute Gasteiger partial charge is 0.394 e. The predicted octanol–water partition coefficient (Wildman–Crippen LogP) is 1.60. The molecule has 1 aliphatic heterocycles. The lowest BCUT2D eigenvalue weighted by molar-refractivity contribution is -0.162. The van der Waals surface area contributed by atoms with Gasteiger partial charge in [0.05, 0.1) is 18.2 Å². The Morgan fingerprint density at radius 2 is 2.15 bits per heavy atom. The topological polar surface area (TPSA) is 72.8 Å². The summed E-state index contributed by atoms with van der Waals surface area (Å²) >= 11 is 12.0. The van der Waals surface area contributed by atoms with Crippen LogP contribution in [0.25, 0.3) is 0 Å². The first-order valence-corrected chi connectivity index (χ1v) is 8.63. The van der Waals surface area contributed by atoms with Crippen molar-refractivity contribution in [2.24, 2.45) is 0 Å². The van der Waals surface area contributed by atoms with E-state index in [0.29, 0.717) is 10.6 Å². The van der Waals surface area contributed by atoms with E-state index >= 15 is 0 Å². The van der Waals surface area contributed by atoms with Crippen LogP contribution in [0.2, 0.25) is 10.0 Å². The van der Waals surface area contributed by atoms with E-state index in [0.717, 1.165) is 6.26 Å². The Balaban J connectivity index is 2.47. The molecule has 2 rings (SSSR count). The van der Waals surface area contributed by atoms with Crippen LogP contribution in [0.5, 0.6) is 0 Å². The fourth-order valence-electron chi connectivity index (χ4n) is 2.09. The van der Waals surface area contributed by atoms with Gasteiger partial charge < -0.3 is 14.6 Å². The number of aliphatic hydroxyl groups is 1. The Morgan fingerprint density at radius 1 is 1.45 bits per heavy atom. The average molecular weight is 341 g/mol. The van der Waals surface area contributed by atoms with Crippen molar-refractivity contribution in [1.82, 2.24) is 0 Å². The lowest BCUT2D eigenvalue weighted by Gasteiger charge is -2.28. The second kappa shape index (κ2) is 5.79. The Bertz CT molecular complexity index is 604. The normalized spacial score (nSPS) is 26.9. The third kappa shape index (κ3) is 3.44. The van der Waals surface area contributed by atoms with E-state index in [2.05, 4.69) is 0 Å². The monoisotopic (exact) mass is 340 g/mol. The minimum Gasteiger partial charge on any atom is -0.394 e. The molecule has 1 saturated heterocycles. The number of benzene rings is 1. The van der Waals surface area contributed by atoms with Crippen molar-refractivity contribution >= 4 is 33.0 Å². The summed E-state index contributed by atoms with van der Waals surface area (Å²) in [7, 11) is -3.40. The number of rotatable bonds is 4. The number of aliphatic hydroxyl groups excluding tert-OH is 1. The summed E-state index contributed by atoms with van der Waals surface area (Å²) in [4.78, 5) is 0. The van der Waals surface area contributed by atoms with Crippen molar-refractivity contribution in [2.75, 3.05) is 25.2 Å². The molecule has 112 valence electrons. The molecule has 0 bridgehead atoms. The van der Waals surface area contributed by atoms with Crippen LogP contribution in [0.1, 0.15) is 5.56 Å². The highest BCUT2D eigenvalue weighted by Gasteiger charge is 2.46. The first kappa shape index (κ1) is 16.0. The quantitative estimate of drug-likeness (QED) is 0.901. The van der Waals surface area contributed by atoms with Crippen LogP contribution in [0, 0.1) is 0 Å². The smallest absolute Gasteiger partial charge is 0.211 e. The Labute approximate surface area is 127 Å². The minimum atomic E-state index is -3.40. The number of sulfone groups is 1. The zero-order valence-corrected chi connectivity index (χ0v) is 13.0. The number of halogens is 2. The maximum absolute atomic E-state index is 11.6. The van der Waals surface area contributed by atoms with E-state index in [1.165, 1.54) is 6.07 Å². The lowest BCUT2D eigenvalue weighted by atomic mass is 10.1. The van der Waals surface area contributed by atoms with Gasteiger partial charge in [0, 0.05) is 16.8 Å². The molecular formula is C12H14Cl2O5S. The predicted molar refractivity (Wildman–Crippen MR) is 75.8 cm³/mol. The van der Waals surface area contributed by atoms with Gasteiger partial charge in [-0.15, -0.1) is 0 Å². The van der Waals surface area contributed by atoms with Crippen molar-refractivity contribution in [1.29, 1.82) is 0 Å². The van der Waals surface area contributed by atoms with Gasteiger partial charge in [-0.3, -0.25) is 0 Å². The maximum atomic E-state index is 11.6. The zero-order chi connectivity index (χ0) is 15.0. The van der Waals surface area contributed by atoms with Crippen LogP contribution < -0.4 is 0 Å². The van der Waals surface area contributed by atoms with Crippen molar-refractivity contribution in [3.8, 4) is 0 Å².